The van der Waals surface area contributed by atoms with Crippen LogP contribution < -0.4 is 21.3 Å². The second kappa shape index (κ2) is 9.34. The van der Waals surface area contributed by atoms with E-state index in [9.17, 15) is 13.6 Å². The molecule has 0 saturated heterocycles. The minimum Gasteiger partial charge on any atom is -0.494 e. The molecule has 3 aromatic heterocycles. The van der Waals surface area contributed by atoms with Gasteiger partial charge in [0.1, 0.15) is 23.5 Å². The van der Waals surface area contributed by atoms with Crippen molar-refractivity contribution in [3.63, 3.8) is 0 Å². The predicted octanol–water partition coefficient (Wildman–Crippen LogP) is 4.29. The number of methoxy groups -OCH3 is 1. The summed E-state index contributed by atoms with van der Waals surface area (Å²) in [6.45, 7) is 3.65. The molecule has 0 aliphatic carbocycles. The second-order valence-electron chi connectivity index (χ2n) is 8.45. The van der Waals surface area contributed by atoms with Gasteiger partial charge in [-0.25, -0.2) is 18.9 Å². The fourth-order valence-corrected chi connectivity index (χ4v) is 4.26. The van der Waals surface area contributed by atoms with E-state index >= 15 is 0 Å². The summed E-state index contributed by atoms with van der Waals surface area (Å²) < 4.78 is 36.5. The van der Waals surface area contributed by atoms with Crippen LogP contribution in [-0.2, 0) is 0 Å². The zero-order valence-corrected chi connectivity index (χ0v) is 20.2. The third-order valence-electron chi connectivity index (χ3n) is 6.05. The summed E-state index contributed by atoms with van der Waals surface area (Å²) in [5.74, 6) is -1.83. The molecule has 1 atom stereocenters. The van der Waals surface area contributed by atoms with E-state index in [-0.39, 0.29) is 34.1 Å². The largest absolute Gasteiger partial charge is 0.494 e. The molecule has 0 aliphatic rings. The number of para-hydroxylation sites is 1. The lowest BCUT2D eigenvalue weighted by Gasteiger charge is -2.21. The molecule has 1 unspecified atom stereocenters. The molecule has 0 saturated carbocycles. The lowest BCUT2D eigenvalue weighted by Crippen LogP contribution is -2.29. The van der Waals surface area contributed by atoms with Crippen LogP contribution in [0.5, 0.6) is 5.75 Å². The van der Waals surface area contributed by atoms with Crippen LogP contribution in [0.4, 0.5) is 20.4 Å². The third-order valence-corrected chi connectivity index (χ3v) is 6.05. The van der Waals surface area contributed by atoms with Gasteiger partial charge in [0, 0.05) is 6.20 Å². The van der Waals surface area contributed by atoms with Crippen molar-refractivity contribution in [1.82, 2.24) is 24.1 Å². The SMILES string of the molecule is COc1cc(-c2c(N)ncnc2NC(C)c2nn3ccc(C)c3c(=O)n2-c2ccccc2)cc(F)c1F. The van der Waals surface area contributed by atoms with E-state index in [4.69, 9.17) is 15.6 Å². The average Bonchev–Trinajstić information content (AvgIpc) is 3.27. The van der Waals surface area contributed by atoms with Gasteiger partial charge >= 0.3 is 0 Å². The molecule has 3 N–H and O–H groups in total. The minimum atomic E-state index is -1.11. The molecule has 0 fully saturated rings. The van der Waals surface area contributed by atoms with Crippen molar-refractivity contribution in [3.05, 3.63) is 94.4 Å². The summed E-state index contributed by atoms with van der Waals surface area (Å²) in [7, 11) is 1.24. The fraction of sp³-hybridized carbons (Fsp3) is 0.154. The molecule has 0 bridgehead atoms. The highest BCUT2D eigenvalue weighted by Gasteiger charge is 2.23. The van der Waals surface area contributed by atoms with Crippen molar-refractivity contribution in [2.45, 2.75) is 19.9 Å². The number of hydrogen-bond donors (Lipinski definition) is 2. The van der Waals surface area contributed by atoms with Gasteiger partial charge in [0.15, 0.2) is 17.4 Å². The van der Waals surface area contributed by atoms with Gasteiger partial charge in [-0.1, -0.05) is 18.2 Å². The smallest absolute Gasteiger partial charge is 0.282 e. The number of rotatable bonds is 6. The quantitative estimate of drug-likeness (QED) is 0.355. The summed E-state index contributed by atoms with van der Waals surface area (Å²) in [5.41, 5.74) is 8.27. The Labute approximate surface area is 210 Å². The molecule has 11 heteroatoms. The van der Waals surface area contributed by atoms with Crippen LogP contribution in [0.25, 0.3) is 22.3 Å². The Morgan fingerprint density at radius 2 is 1.86 bits per heavy atom. The fourth-order valence-electron chi connectivity index (χ4n) is 4.26. The predicted molar refractivity (Wildman–Crippen MR) is 136 cm³/mol. The van der Waals surface area contributed by atoms with E-state index in [1.165, 1.54) is 24.1 Å². The molecule has 0 spiro atoms. The monoisotopic (exact) mass is 503 g/mol. The molecule has 0 radical (unpaired) electrons. The van der Waals surface area contributed by atoms with Crippen molar-refractivity contribution >= 4 is 17.2 Å². The standard InChI is InChI=1S/C26H23F2N7O2/c1-14-9-10-34-22(14)26(36)35(17-7-5-4-6-8-17)25(33-34)15(2)32-24-20(23(29)30-13-31-24)16-11-18(27)21(28)19(12-16)37-3/h4-13,15H,1-3H3,(H3,29,30,31,32). The molecular formula is C26H23F2N7O2. The van der Waals surface area contributed by atoms with Gasteiger partial charge in [-0.05, 0) is 55.3 Å². The molecule has 37 heavy (non-hydrogen) atoms. The van der Waals surface area contributed by atoms with Gasteiger partial charge in [-0.15, -0.1) is 0 Å². The van der Waals surface area contributed by atoms with Crippen LogP contribution in [0.15, 0.2) is 65.8 Å². The van der Waals surface area contributed by atoms with E-state index in [2.05, 4.69) is 15.3 Å². The highest BCUT2D eigenvalue weighted by molar-refractivity contribution is 5.84. The van der Waals surface area contributed by atoms with Crippen LogP contribution in [-0.4, -0.2) is 31.3 Å². The van der Waals surface area contributed by atoms with Crippen LogP contribution in [0.1, 0.15) is 24.4 Å². The molecule has 0 aliphatic heterocycles. The Hall–Kier alpha value is -4.80. The summed E-state index contributed by atoms with van der Waals surface area (Å²) >= 11 is 0. The number of benzene rings is 2. The molecule has 5 rings (SSSR count). The van der Waals surface area contributed by atoms with Crippen LogP contribution in [0.3, 0.4) is 0 Å². The van der Waals surface area contributed by atoms with Crippen molar-refractivity contribution in [3.8, 4) is 22.6 Å². The van der Waals surface area contributed by atoms with E-state index in [1.807, 2.05) is 43.3 Å². The summed E-state index contributed by atoms with van der Waals surface area (Å²) in [5, 5.41) is 7.94. The second-order valence-corrected chi connectivity index (χ2v) is 8.45. The first-order chi connectivity index (χ1) is 17.8. The number of ether oxygens (including phenoxy) is 1. The number of aryl methyl sites for hydroxylation is 1. The molecule has 188 valence electrons. The van der Waals surface area contributed by atoms with Crippen molar-refractivity contribution in [1.29, 1.82) is 0 Å². The zero-order valence-electron chi connectivity index (χ0n) is 20.2. The Bertz CT molecular complexity index is 1680. The summed E-state index contributed by atoms with van der Waals surface area (Å²) in [4.78, 5) is 21.9. The van der Waals surface area contributed by atoms with Crippen LogP contribution in [0, 0.1) is 18.6 Å². The van der Waals surface area contributed by atoms with E-state index in [0.717, 1.165) is 11.6 Å². The van der Waals surface area contributed by atoms with Crippen molar-refractivity contribution in [2.24, 2.45) is 0 Å². The Morgan fingerprint density at radius 1 is 1.11 bits per heavy atom. The highest BCUT2D eigenvalue weighted by Crippen LogP contribution is 2.36. The number of nitrogens with zero attached hydrogens (tertiary/aromatic N) is 5. The number of halogens is 2. The molecule has 0 amide bonds. The number of hydrogen-bond acceptors (Lipinski definition) is 7. The number of nitrogens with one attached hydrogen (secondary N) is 1. The van der Waals surface area contributed by atoms with Gasteiger partial charge in [0.25, 0.3) is 5.56 Å². The van der Waals surface area contributed by atoms with Gasteiger partial charge in [-0.2, -0.15) is 9.49 Å². The van der Waals surface area contributed by atoms with Crippen LogP contribution >= 0.6 is 0 Å². The maximum absolute atomic E-state index is 14.3. The molecule has 9 nitrogen and oxygen atoms in total. The van der Waals surface area contributed by atoms with E-state index < -0.39 is 17.7 Å². The number of fused-ring (bicyclic) bond motifs is 1. The maximum Gasteiger partial charge on any atom is 0.282 e. The average molecular weight is 504 g/mol. The molecule has 3 heterocycles. The highest BCUT2D eigenvalue weighted by atomic mass is 19.2. The number of nitrogen functional groups attached to an aromatic ring is 1. The van der Waals surface area contributed by atoms with Gasteiger partial charge in [0.2, 0.25) is 5.82 Å². The lowest BCUT2D eigenvalue weighted by molar-refractivity contribution is 0.372. The first-order valence-electron chi connectivity index (χ1n) is 11.4. The van der Waals surface area contributed by atoms with Crippen molar-refractivity contribution < 1.29 is 13.5 Å². The summed E-state index contributed by atoms with van der Waals surface area (Å²) in [6, 6.07) is 12.7. The molecule has 2 aromatic carbocycles. The van der Waals surface area contributed by atoms with Gasteiger partial charge in [0.05, 0.1) is 24.4 Å². The van der Waals surface area contributed by atoms with Crippen molar-refractivity contribution in [2.75, 3.05) is 18.2 Å². The zero-order chi connectivity index (χ0) is 26.3. The Balaban J connectivity index is 1.66. The molecular weight excluding hydrogens is 480 g/mol. The summed E-state index contributed by atoms with van der Waals surface area (Å²) in [6.07, 6.45) is 2.97. The molecule has 5 aromatic rings. The Morgan fingerprint density at radius 3 is 2.59 bits per heavy atom. The minimum absolute atomic E-state index is 0.0441. The lowest BCUT2D eigenvalue weighted by atomic mass is 10.1. The normalized spacial score (nSPS) is 12.0. The Kier molecular flexibility index (Phi) is 6.04. The van der Waals surface area contributed by atoms with E-state index in [1.54, 1.807) is 17.6 Å². The topological polar surface area (TPSA) is 112 Å². The number of nitrogens with two attached hydrogens (primary N) is 1. The maximum atomic E-state index is 14.3. The first-order valence-corrected chi connectivity index (χ1v) is 11.4. The van der Waals surface area contributed by atoms with Gasteiger partial charge < -0.3 is 15.8 Å². The first kappa shape index (κ1) is 23.9. The third kappa shape index (κ3) is 4.14. The van der Waals surface area contributed by atoms with Crippen LogP contribution in [0.2, 0.25) is 0 Å². The number of aromatic nitrogens is 5. The van der Waals surface area contributed by atoms with Gasteiger partial charge in [-0.3, -0.25) is 9.36 Å². The van der Waals surface area contributed by atoms with E-state index in [0.29, 0.717) is 17.0 Å². The number of anilines is 2.